The zero-order chi connectivity index (χ0) is 15.1. The van der Waals surface area contributed by atoms with Crippen LogP contribution in [0.1, 0.15) is 57.6 Å². The van der Waals surface area contributed by atoms with Crippen LogP contribution < -0.4 is 5.32 Å². The summed E-state index contributed by atoms with van der Waals surface area (Å²) >= 11 is 0. The van der Waals surface area contributed by atoms with Crippen LogP contribution in [-0.2, 0) is 13.1 Å². The van der Waals surface area contributed by atoms with Crippen molar-refractivity contribution in [3.05, 3.63) is 23.2 Å². The van der Waals surface area contributed by atoms with Gasteiger partial charge in [0.25, 0.3) is 0 Å². The van der Waals surface area contributed by atoms with E-state index >= 15 is 0 Å². The maximum Gasteiger partial charge on any atom is 0.120 e. The van der Waals surface area contributed by atoms with E-state index in [2.05, 4.69) is 50.9 Å². The largest absolute Gasteiger partial charge is 0.463 e. The molecular weight excluding hydrogens is 248 g/mol. The van der Waals surface area contributed by atoms with Crippen LogP contribution in [0.15, 0.2) is 10.5 Å². The smallest absolute Gasteiger partial charge is 0.120 e. The molecule has 1 N–H and O–H groups in total. The standard InChI is InChI=1S/C17H32N2O/c1-7-15(8-2)19(11-13(3)4)12-16-9-14(5)17(20-16)10-18-6/h9,13,15,18H,7-8,10-12H2,1-6H3. The van der Waals surface area contributed by atoms with E-state index in [0.29, 0.717) is 12.0 Å². The third-order valence-corrected chi connectivity index (χ3v) is 3.83. The highest BCUT2D eigenvalue weighted by Crippen LogP contribution is 2.20. The molecule has 0 aliphatic rings. The monoisotopic (exact) mass is 280 g/mol. The number of aryl methyl sites for hydroxylation is 1. The van der Waals surface area contributed by atoms with Gasteiger partial charge in [-0.15, -0.1) is 0 Å². The zero-order valence-electron chi connectivity index (χ0n) is 14.1. The second kappa shape index (κ2) is 8.48. The summed E-state index contributed by atoms with van der Waals surface area (Å²) in [7, 11) is 1.96. The Morgan fingerprint density at radius 2 is 1.90 bits per heavy atom. The van der Waals surface area contributed by atoms with Gasteiger partial charge in [0, 0.05) is 12.6 Å². The van der Waals surface area contributed by atoms with Gasteiger partial charge in [-0.1, -0.05) is 27.7 Å². The molecule has 0 aliphatic carbocycles. The van der Waals surface area contributed by atoms with E-state index in [1.165, 1.54) is 18.4 Å². The molecule has 1 aromatic heterocycles. The van der Waals surface area contributed by atoms with Crippen LogP contribution in [0.2, 0.25) is 0 Å². The first-order valence-corrected chi connectivity index (χ1v) is 7.98. The minimum absolute atomic E-state index is 0.649. The van der Waals surface area contributed by atoms with Gasteiger partial charge in [-0.25, -0.2) is 0 Å². The minimum atomic E-state index is 0.649. The number of rotatable bonds is 9. The number of nitrogens with one attached hydrogen (secondary N) is 1. The fraction of sp³-hybridized carbons (Fsp3) is 0.765. The Hall–Kier alpha value is -0.800. The Labute approximate surface area is 124 Å². The molecule has 1 aromatic rings. The van der Waals surface area contributed by atoms with Gasteiger partial charge in [0.1, 0.15) is 11.5 Å². The molecule has 1 rings (SSSR count). The van der Waals surface area contributed by atoms with Gasteiger partial charge >= 0.3 is 0 Å². The van der Waals surface area contributed by atoms with Crippen molar-refractivity contribution in [2.75, 3.05) is 13.6 Å². The first kappa shape index (κ1) is 17.3. The van der Waals surface area contributed by atoms with E-state index < -0.39 is 0 Å². The molecule has 0 amide bonds. The quantitative estimate of drug-likeness (QED) is 0.742. The fourth-order valence-corrected chi connectivity index (χ4v) is 2.82. The Kier molecular flexibility index (Phi) is 7.31. The normalized spacial score (nSPS) is 12.1. The summed E-state index contributed by atoms with van der Waals surface area (Å²) in [6.45, 7) is 14.1. The van der Waals surface area contributed by atoms with Crippen molar-refractivity contribution < 1.29 is 4.42 Å². The van der Waals surface area contributed by atoms with E-state index in [4.69, 9.17) is 4.42 Å². The molecule has 0 aromatic carbocycles. The van der Waals surface area contributed by atoms with Gasteiger partial charge in [0.2, 0.25) is 0 Å². The van der Waals surface area contributed by atoms with Crippen LogP contribution in [-0.4, -0.2) is 24.5 Å². The number of furan rings is 1. The van der Waals surface area contributed by atoms with Crippen molar-refractivity contribution in [1.29, 1.82) is 0 Å². The van der Waals surface area contributed by atoms with E-state index in [-0.39, 0.29) is 0 Å². The molecule has 0 unspecified atom stereocenters. The predicted molar refractivity (Wildman–Crippen MR) is 85.8 cm³/mol. The van der Waals surface area contributed by atoms with Crippen molar-refractivity contribution in [1.82, 2.24) is 10.2 Å². The van der Waals surface area contributed by atoms with E-state index in [0.717, 1.165) is 31.2 Å². The molecular formula is C17H32N2O. The van der Waals surface area contributed by atoms with Crippen molar-refractivity contribution in [3.63, 3.8) is 0 Å². The molecule has 0 saturated heterocycles. The fourth-order valence-electron chi connectivity index (χ4n) is 2.82. The van der Waals surface area contributed by atoms with E-state index in [1.807, 2.05) is 7.05 Å². The Bertz CT molecular complexity index is 380. The Balaban J connectivity index is 2.80. The highest BCUT2D eigenvalue weighted by Gasteiger charge is 2.19. The topological polar surface area (TPSA) is 28.4 Å². The maximum absolute atomic E-state index is 6.00. The van der Waals surface area contributed by atoms with Crippen LogP contribution in [0.4, 0.5) is 0 Å². The molecule has 0 fully saturated rings. The molecule has 1 heterocycles. The zero-order valence-corrected chi connectivity index (χ0v) is 14.1. The number of hydrogen-bond acceptors (Lipinski definition) is 3. The van der Waals surface area contributed by atoms with Crippen molar-refractivity contribution in [2.45, 2.75) is 66.6 Å². The lowest BCUT2D eigenvalue weighted by atomic mass is 10.1. The van der Waals surface area contributed by atoms with Crippen molar-refractivity contribution >= 4 is 0 Å². The number of hydrogen-bond donors (Lipinski definition) is 1. The lowest BCUT2D eigenvalue weighted by Crippen LogP contribution is -2.36. The van der Waals surface area contributed by atoms with Crippen LogP contribution in [0, 0.1) is 12.8 Å². The minimum Gasteiger partial charge on any atom is -0.463 e. The van der Waals surface area contributed by atoms with E-state index in [1.54, 1.807) is 0 Å². The van der Waals surface area contributed by atoms with Crippen LogP contribution in [0.3, 0.4) is 0 Å². The molecule has 20 heavy (non-hydrogen) atoms. The third kappa shape index (κ3) is 4.95. The summed E-state index contributed by atoms with van der Waals surface area (Å²) in [5.74, 6) is 2.85. The molecule has 0 spiro atoms. The lowest BCUT2D eigenvalue weighted by Gasteiger charge is -2.31. The number of nitrogens with zero attached hydrogens (tertiary/aromatic N) is 1. The Morgan fingerprint density at radius 3 is 2.40 bits per heavy atom. The molecule has 3 heteroatoms. The summed E-state index contributed by atoms with van der Waals surface area (Å²) in [4.78, 5) is 2.58. The molecule has 0 bridgehead atoms. The SMILES string of the molecule is CCC(CC)N(Cc1cc(C)c(CNC)o1)CC(C)C. The van der Waals surface area contributed by atoms with Gasteiger partial charge in [0.15, 0.2) is 0 Å². The van der Waals surface area contributed by atoms with Gasteiger partial charge in [-0.05, 0) is 44.4 Å². The summed E-state index contributed by atoms with van der Waals surface area (Å²) in [6, 6.07) is 2.85. The molecule has 116 valence electrons. The molecule has 3 nitrogen and oxygen atoms in total. The average Bonchev–Trinajstić information content (AvgIpc) is 2.71. The second-order valence-electron chi connectivity index (χ2n) is 6.14. The van der Waals surface area contributed by atoms with E-state index in [9.17, 15) is 0 Å². The van der Waals surface area contributed by atoms with Crippen LogP contribution in [0.25, 0.3) is 0 Å². The summed E-state index contributed by atoms with van der Waals surface area (Å²) in [6.07, 6.45) is 2.40. The molecule has 0 aliphatic heterocycles. The average molecular weight is 280 g/mol. The van der Waals surface area contributed by atoms with Crippen LogP contribution >= 0.6 is 0 Å². The van der Waals surface area contributed by atoms with Gasteiger partial charge in [-0.2, -0.15) is 0 Å². The third-order valence-electron chi connectivity index (χ3n) is 3.83. The van der Waals surface area contributed by atoms with Crippen molar-refractivity contribution in [2.24, 2.45) is 5.92 Å². The highest BCUT2D eigenvalue weighted by atomic mass is 16.3. The maximum atomic E-state index is 6.00. The van der Waals surface area contributed by atoms with Crippen molar-refractivity contribution in [3.8, 4) is 0 Å². The molecule has 0 radical (unpaired) electrons. The Morgan fingerprint density at radius 1 is 1.25 bits per heavy atom. The van der Waals surface area contributed by atoms with Gasteiger partial charge in [0.05, 0.1) is 13.1 Å². The first-order chi connectivity index (χ1) is 9.51. The second-order valence-corrected chi connectivity index (χ2v) is 6.14. The summed E-state index contributed by atoms with van der Waals surface area (Å²) in [5.41, 5.74) is 1.25. The van der Waals surface area contributed by atoms with Gasteiger partial charge < -0.3 is 9.73 Å². The first-order valence-electron chi connectivity index (χ1n) is 7.98. The summed E-state index contributed by atoms with van der Waals surface area (Å²) < 4.78 is 6.00. The lowest BCUT2D eigenvalue weighted by molar-refractivity contribution is 0.145. The molecule has 0 atom stereocenters. The highest BCUT2D eigenvalue weighted by molar-refractivity contribution is 5.20. The predicted octanol–water partition coefficient (Wildman–Crippen LogP) is 3.95. The summed E-state index contributed by atoms with van der Waals surface area (Å²) in [5, 5.41) is 3.16. The van der Waals surface area contributed by atoms with Gasteiger partial charge in [-0.3, -0.25) is 4.90 Å². The van der Waals surface area contributed by atoms with Crippen LogP contribution in [0.5, 0.6) is 0 Å². The molecule has 0 saturated carbocycles.